The van der Waals surface area contributed by atoms with Gasteiger partial charge in [-0.3, -0.25) is 24.8 Å². The SMILES string of the molecule is O=C(NNC(=O)C1CC1)c1cc(Cl)n2c(CC3CCC(F)(F)CC3)c(C(F)(F)F)nc2c1. The monoisotopic (exact) mass is 478 g/mol. The summed E-state index contributed by atoms with van der Waals surface area (Å²) < 4.78 is 69.0. The highest BCUT2D eigenvalue weighted by Crippen LogP contribution is 2.40. The predicted octanol–water partition coefficient (Wildman–Crippen LogP) is 4.55. The summed E-state index contributed by atoms with van der Waals surface area (Å²) in [5, 5.41) is -0.180. The summed E-state index contributed by atoms with van der Waals surface area (Å²) in [6, 6.07) is 2.31. The van der Waals surface area contributed by atoms with Crippen LogP contribution in [0.5, 0.6) is 0 Å². The van der Waals surface area contributed by atoms with Crippen molar-refractivity contribution in [3.63, 3.8) is 0 Å². The maximum absolute atomic E-state index is 13.7. The molecular weight excluding hydrogens is 459 g/mol. The van der Waals surface area contributed by atoms with E-state index in [1.807, 2.05) is 0 Å². The van der Waals surface area contributed by atoms with E-state index >= 15 is 0 Å². The number of amides is 2. The highest BCUT2D eigenvalue weighted by atomic mass is 35.5. The van der Waals surface area contributed by atoms with E-state index in [1.54, 1.807) is 0 Å². The minimum atomic E-state index is -4.79. The molecule has 0 spiro atoms. The number of carbonyl (C=O) groups is 2. The molecule has 2 aliphatic carbocycles. The zero-order chi connectivity index (χ0) is 23.3. The fraction of sp³-hybridized carbons (Fsp3) is 0.550. The zero-order valence-electron chi connectivity index (χ0n) is 16.7. The van der Waals surface area contributed by atoms with Gasteiger partial charge in [0.2, 0.25) is 11.8 Å². The molecule has 2 aromatic heterocycles. The van der Waals surface area contributed by atoms with Gasteiger partial charge in [-0.05, 0) is 50.2 Å². The summed E-state index contributed by atoms with van der Waals surface area (Å²) in [6.07, 6.45) is -4.00. The number of carbonyl (C=O) groups excluding carboxylic acids is 2. The predicted molar refractivity (Wildman–Crippen MR) is 104 cm³/mol. The zero-order valence-corrected chi connectivity index (χ0v) is 17.5. The number of nitrogens with one attached hydrogen (secondary N) is 2. The maximum atomic E-state index is 13.7. The summed E-state index contributed by atoms with van der Waals surface area (Å²) in [7, 11) is 0. The van der Waals surface area contributed by atoms with Crippen LogP contribution in [0.2, 0.25) is 5.15 Å². The van der Waals surface area contributed by atoms with Crippen LogP contribution in [0.1, 0.15) is 60.3 Å². The molecule has 2 aliphatic rings. The number of hydrazine groups is 1. The maximum Gasteiger partial charge on any atom is 0.435 e. The molecule has 174 valence electrons. The Bertz CT molecular complexity index is 1050. The van der Waals surface area contributed by atoms with Gasteiger partial charge in [-0.1, -0.05) is 11.6 Å². The second-order valence-electron chi connectivity index (χ2n) is 8.39. The number of alkyl halides is 5. The molecule has 2 saturated carbocycles. The van der Waals surface area contributed by atoms with Gasteiger partial charge in [0.15, 0.2) is 5.69 Å². The normalized spacial score (nSPS) is 19.2. The molecule has 32 heavy (non-hydrogen) atoms. The van der Waals surface area contributed by atoms with Gasteiger partial charge in [0, 0.05) is 24.3 Å². The van der Waals surface area contributed by atoms with E-state index in [0.29, 0.717) is 0 Å². The lowest BCUT2D eigenvalue weighted by atomic mass is 9.83. The average molecular weight is 479 g/mol. The summed E-state index contributed by atoms with van der Waals surface area (Å²) in [4.78, 5) is 27.7. The molecule has 2 fully saturated rings. The first-order valence-corrected chi connectivity index (χ1v) is 10.6. The number of aromatic nitrogens is 2. The van der Waals surface area contributed by atoms with Gasteiger partial charge in [0.1, 0.15) is 10.8 Å². The van der Waals surface area contributed by atoms with Gasteiger partial charge in [-0.15, -0.1) is 0 Å². The Kier molecular flexibility index (Phi) is 5.81. The Morgan fingerprint density at radius 3 is 2.38 bits per heavy atom. The smallest absolute Gasteiger partial charge is 0.286 e. The van der Waals surface area contributed by atoms with Crippen molar-refractivity contribution in [1.82, 2.24) is 20.2 Å². The van der Waals surface area contributed by atoms with Crippen LogP contribution in [-0.2, 0) is 17.4 Å². The van der Waals surface area contributed by atoms with Crippen molar-refractivity contribution in [2.45, 2.75) is 57.0 Å². The van der Waals surface area contributed by atoms with Crippen molar-refractivity contribution in [3.05, 3.63) is 34.2 Å². The molecule has 0 bridgehead atoms. The van der Waals surface area contributed by atoms with E-state index in [1.165, 1.54) is 6.07 Å². The van der Waals surface area contributed by atoms with Crippen LogP contribution in [0.25, 0.3) is 5.65 Å². The number of hydrogen-bond acceptors (Lipinski definition) is 3. The van der Waals surface area contributed by atoms with E-state index in [2.05, 4.69) is 15.8 Å². The topological polar surface area (TPSA) is 75.5 Å². The van der Waals surface area contributed by atoms with Crippen molar-refractivity contribution in [1.29, 1.82) is 0 Å². The first-order valence-electron chi connectivity index (χ1n) is 10.2. The number of fused-ring (bicyclic) bond motifs is 1. The first kappa shape index (κ1) is 22.8. The molecule has 4 rings (SSSR count). The second-order valence-corrected chi connectivity index (χ2v) is 8.77. The summed E-state index contributed by atoms with van der Waals surface area (Å²) in [5.41, 5.74) is 2.82. The minimum absolute atomic E-state index is 0.0822. The molecule has 2 aromatic rings. The van der Waals surface area contributed by atoms with E-state index in [4.69, 9.17) is 11.6 Å². The summed E-state index contributed by atoms with van der Waals surface area (Å²) in [5.74, 6) is -4.41. The Labute approximate surface area is 184 Å². The van der Waals surface area contributed by atoms with E-state index in [9.17, 15) is 31.5 Å². The number of pyridine rings is 1. The summed E-state index contributed by atoms with van der Waals surface area (Å²) in [6.45, 7) is 0. The third kappa shape index (κ3) is 4.82. The van der Waals surface area contributed by atoms with Gasteiger partial charge >= 0.3 is 6.18 Å². The van der Waals surface area contributed by atoms with Gasteiger partial charge < -0.3 is 0 Å². The van der Waals surface area contributed by atoms with Crippen LogP contribution >= 0.6 is 11.6 Å². The molecule has 0 atom stereocenters. The number of rotatable bonds is 4. The molecule has 2 heterocycles. The van der Waals surface area contributed by atoms with Crippen molar-refractivity contribution < 1.29 is 31.5 Å². The Morgan fingerprint density at radius 2 is 1.78 bits per heavy atom. The van der Waals surface area contributed by atoms with Gasteiger partial charge in [-0.25, -0.2) is 13.8 Å². The molecule has 2 N–H and O–H groups in total. The van der Waals surface area contributed by atoms with Crippen LogP contribution in [-0.4, -0.2) is 27.1 Å². The van der Waals surface area contributed by atoms with Crippen LogP contribution in [0.15, 0.2) is 12.1 Å². The molecule has 0 unspecified atom stereocenters. The van der Waals surface area contributed by atoms with E-state index in [-0.39, 0.29) is 71.9 Å². The number of halogens is 6. The van der Waals surface area contributed by atoms with Crippen molar-refractivity contribution in [3.8, 4) is 0 Å². The van der Waals surface area contributed by atoms with Gasteiger partial charge in [0.05, 0.1) is 5.69 Å². The molecule has 6 nitrogen and oxygen atoms in total. The quantitative estimate of drug-likeness (QED) is 0.385. The third-order valence-electron chi connectivity index (χ3n) is 5.87. The van der Waals surface area contributed by atoms with Gasteiger partial charge in [-0.2, -0.15) is 13.2 Å². The molecule has 0 saturated heterocycles. The molecule has 12 heteroatoms. The van der Waals surface area contributed by atoms with E-state index in [0.717, 1.165) is 23.3 Å². The van der Waals surface area contributed by atoms with Crippen LogP contribution < -0.4 is 10.9 Å². The third-order valence-corrected chi connectivity index (χ3v) is 6.15. The summed E-state index contributed by atoms with van der Waals surface area (Å²) >= 11 is 6.23. The molecule has 0 aromatic carbocycles. The second kappa shape index (κ2) is 8.17. The number of imidazole rings is 1. The first-order chi connectivity index (χ1) is 14.9. The van der Waals surface area contributed by atoms with E-state index < -0.39 is 23.7 Å². The number of hydrogen-bond donors (Lipinski definition) is 2. The molecule has 0 aliphatic heterocycles. The van der Waals surface area contributed by atoms with Crippen molar-refractivity contribution in [2.75, 3.05) is 0 Å². The Balaban J connectivity index is 1.62. The highest BCUT2D eigenvalue weighted by molar-refractivity contribution is 6.30. The van der Waals surface area contributed by atoms with Crippen LogP contribution in [0.4, 0.5) is 22.0 Å². The largest absolute Gasteiger partial charge is 0.435 e. The lowest BCUT2D eigenvalue weighted by molar-refractivity contribution is -0.141. The lowest BCUT2D eigenvalue weighted by Crippen LogP contribution is -2.42. The molecule has 2 amide bonds. The lowest BCUT2D eigenvalue weighted by Gasteiger charge is -2.28. The number of nitrogens with zero attached hydrogens (tertiary/aromatic N) is 2. The fourth-order valence-electron chi connectivity index (χ4n) is 3.94. The van der Waals surface area contributed by atoms with Crippen LogP contribution in [0.3, 0.4) is 0 Å². The molecule has 0 radical (unpaired) electrons. The van der Waals surface area contributed by atoms with Crippen LogP contribution in [0, 0.1) is 11.8 Å². The van der Waals surface area contributed by atoms with Gasteiger partial charge in [0.25, 0.3) is 5.91 Å². The standard InChI is InChI=1S/C20H20ClF5N4O2/c21-14-8-12(18(32)29-28-17(31)11-1-2-11)9-15-27-16(20(24,25)26)13(30(14)15)7-10-3-5-19(22,23)6-4-10/h8-11H,1-7H2,(H,28,31)(H,29,32). The molecular formula is C20H20ClF5N4O2. The Hall–Kier alpha value is -2.43. The average Bonchev–Trinajstić information content (AvgIpc) is 3.48. The van der Waals surface area contributed by atoms with Crippen molar-refractivity contribution in [2.24, 2.45) is 11.8 Å². The Morgan fingerprint density at radius 1 is 1.12 bits per heavy atom. The highest BCUT2D eigenvalue weighted by Gasteiger charge is 2.41. The minimum Gasteiger partial charge on any atom is -0.286 e. The van der Waals surface area contributed by atoms with Crippen molar-refractivity contribution >= 4 is 29.1 Å². The fourth-order valence-corrected chi connectivity index (χ4v) is 4.25.